The third kappa shape index (κ3) is 6.06. The smallest absolute Gasteiger partial charge is 0.137 e. The van der Waals surface area contributed by atoms with E-state index in [0.29, 0.717) is 5.15 Å². The zero-order valence-electron chi connectivity index (χ0n) is 12.8. The van der Waals surface area contributed by atoms with Crippen LogP contribution in [0.2, 0.25) is 5.15 Å². The first kappa shape index (κ1) is 17.2. The van der Waals surface area contributed by atoms with Gasteiger partial charge in [0.1, 0.15) is 16.8 Å². The molecule has 0 aliphatic heterocycles. The van der Waals surface area contributed by atoms with Gasteiger partial charge in [0.05, 0.1) is 0 Å². The fourth-order valence-electron chi connectivity index (χ4n) is 1.77. The Morgan fingerprint density at radius 2 is 1.85 bits per heavy atom. The number of nitrogens with one attached hydrogen (secondary N) is 1. The summed E-state index contributed by atoms with van der Waals surface area (Å²) >= 11 is 6.14. The van der Waals surface area contributed by atoms with Crippen LogP contribution in [0.15, 0.2) is 0 Å². The minimum Gasteiger partial charge on any atom is -0.381 e. The Balaban J connectivity index is 2.38. The number of aryl methyl sites for hydroxylation is 1. The molecule has 20 heavy (non-hydrogen) atoms. The molecule has 114 valence electrons. The molecule has 1 N–H and O–H groups in total. The van der Waals surface area contributed by atoms with E-state index in [0.717, 1.165) is 62.6 Å². The Morgan fingerprint density at radius 3 is 2.55 bits per heavy atom. The molecule has 0 saturated heterocycles. The monoisotopic (exact) mass is 299 g/mol. The minimum atomic E-state index is 0.546. The molecule has 1 heterocycles. The molecule has 0 bridgehead atoms. The van der Waals surface area contributed by atoms with E-state index in [4.69, 9.17) is 16.3 Å². The summed E-state index contributed by atoms with van der Waals surface area (Å²) in [7, 11) is 0. The van der Waals surface area contributed by atoms with Gasteiger partial charge >= 0.3 is 0 Å². The lowest BCUT2D eigenvalue weighted by molar-refractivity contribution is 0.131. The van der Waals surface area contributed by atoms with Crippen molar-refractivity contribution in [2.24, 2.45) is 0 Å². The second kappa shape index (κ2) is 9.94. The highest BCUT2D eigenvalue weighted by atomic mass is 35.5. The summed E-state index contributed by atoms with van der Waals surface area (Å²) in [6.45, 7) is 8.70. The summed E-state index contributed by atoms with van der Waals surface area (Å²) in [5.74, 6) is 1.66. The predicted octanol–water partition coefficient (Wildman–Crippen LogP) is 4.01. The number of aromatic nitrogens is 2. The van der Waals surface area contributed by atoms with Gasteiger partial charge in [0, 0.05) is 31.7 Å². The highest BCUT2D eigenvalue weighted by Gasteiger charge is 2.08. The van der Waals surface area contributed by atoms with Crippen LogP contribution in [0.4, 0.5) is 5.82 Å². The van der Waals surface area contributed by atoms with E-state index in [1.807, 2.05) is 6.92 Å². The zero-order chi connectivity index (χ0) is 14.8. The molecule has 1 rings (SSSR count). The van der Waals surface area contributed by atoms with Crippen molar-refractivity contribution >= 4 is 17.4 Å². The number of unbranched alkanes of at least 4 members (excludes halogenated alkanes) is 1. The summed E-state index contributed by atoms with van der Waals surface area (Å²) in [4.78, 5) is 8.81. The highest BCUT2D eigenvalue weighted by Crippen LogP contribution is 2.20. The summed E-state index contributed by atoms with van der Waals surface area (Å²) < 4.78 is 5.53. The van der Waals surface area contributed by atoms with Gasteiger partial charge in [-0.05, 0) is 26.2 Å². The maximum absolute atomic E-state index is 6.14. The van der Waals surface area contributed by atoms with Crippen molar-refractivity contribution in [3.05, 3.63) is 16.5 Å². The van der Waals surface area contributed by atoms with Gasteiger partial charge in [-0.1, -0.05) is 31.9 Å². The molecule has 4 nitrogen and oxygen atoms in total. The fourth-order valence-corrected chi connectivity index (χ4v) is 1.96. The van der Waals surface area contributed by atoms with Crippen LogP contribution in [0.3, 0.4) is 0 Å². The molecule has 0 amide bonds. The van der Waals surface area contributed by atoms with Crippen LogP contribution in [0, 0.1) is 6.92 Å². The lowest BCUT2D eigenvalue weighted by Gasteiger charge is -2.11. The van der Waals surface area contributed by atoms with E-state index in [9.17, 15) is 0 Å². The van der Waals surface area contributed by atoms with Crippen molar-refractivity contribution in [2.45, 2.75) is 52.9 Å². The van der Waals surface area contributed by atoms with Crippen molar-refractivity contribution in [3.63, 3.8) is 0 Å². The number of halogens is 1. The Morgan fingerprint density at radius 1 is 1.10 bits per heavy atom. The van der Waals surface area contributed by atoms with Gasteiger partial charge < -0.3 is 10.1 Å². The van der Waals surface area contributed by atoms with Crippen LogP contribution in [0.1, 0.15) is 50.9 Å². The molecule has 0 atom stereocenters. The second-order valence-corrected chi connectivity index (χ2v) is 5.26. The van der Waals surface area contributed by atoms with Crippen LogP contribution < -0.4 is 5.32 Å². The quantitative estimate of drug-likeness (QED) is 0.524. The molecule has 1 aromatic rings. The standard InChI is InChI=1S/C15H26ClN3O/c1-4-6-10-20-11-7-9-17-15-12(3)14(16)18-13(19-15)8-5-2/h4-11H2,1-3H3,(H,17,18,19). The molecule has 0 saturated carbocycles. The number of hydrogen-bond donors (Lipinski definition) is 1. The average molecular weight is 300 g/mol. The summed E-state index contributed by atoms with van der Waals surface area (Å²) in [6, 6.07) is 0. The summed E-state index contributed by atoms with van der Waals surface area (Å²) in [5, 5.41) is 3.87. The summed E-state index contributed by atoms with van der Waals surface area (Å²) in [6.07, 6.45) is 5.15. The van der Waals surface area contributed by atoms with Crippen LogP contribution in [0.5, 0.6) is 0 Å². The summed E-state index contributed by atoms with van der Waals surface area (Å²) in [5.41, 5.74) is 0.915. The van der Waals surface area contributed by atoms with Gasteiger partial charge in [-0.15, -0.1) is 0 Å². The largest absolute Gasteiger partial charge is 0.381 e. The fraction of sp³-hybridized carbons (Fsp3) is 0.733. The third-order valence-corrected chi connectivity index (χ3v) is 3.37. The van der Waals surface area contributed by atoms with Crippen LogP contribution >= 0.6 is 11.6 Å². The van der Waals surface area contributed by atoms with E-state index in [2.05, 4.69) is 29.1 Å². The van der Waals surface area contributed by atoms with Crippen LogP contribution in [-0.4, -0.2) is 29.7 Å². The number of anilines is 1. The molecular formula is C15H26ClN3O. The number of hydrogen-bond acceptors (Lipinski definition) is 4. The van der Waals surface area contributed by atoms with E-state index in [1.54, 1.807) is 0 Å². The third-order valence-electron chi connectivity index (χ3n) is 3.01. The normalized spacial score (nSPS) is 10.8. The van der Waals surface area contributed by atoms with Gasteiger partial charge in [0.2, 0.25) is 0 Å². The van der Waals surface area contributed by atoms with Gasteiger partial charge in [0.15, 0.2) is 0 Å². The Kier molecular flexibility index (Phi) is 8.54. The van der Waals surface area contributed by atoms with Crippen molar-refractivity contribution in [2.75, 3.05) is 25.1 Å². The van der Waals surface area contributed by atoms with Gasteiger partial charge in [-0.3, -0.25) is 0 Å². The lowest BCUT2D eigenvalue weighted by atomic mass is 10.3. The maximum atomic E-state index is 6.14. The number of rotatable bonds is 10. The Hall–Kier alpha value is -0.870. The highest BCUT2D eigenvalue weighted by molar-refractivity contribution is 6.30. The molecular weight excluding hydrogens is 274 g/mol. The van der Waals surface area contributed by atoms with E-state index < -0.39 is 0 Å². The van der Waals surface area contributed by atoms with Crippen molar-refractivity contribution in [1.82, 2.24) is 9.97 Å². The molecule has 0 aliphatic rings. The predicted molar refractivity (Wildman–Crippen MR) is 84.6 cm³/mol. The molecule has 0 aliphatic carbocycles. The Labute approximate surface area is 127 Å². The molecule has 5 heteroatoms. The van der Waals surface area contributed by atoms with E-state index in [1.165, 1.54) is 6.42 Å². The average Bonchev–Trinajstić information content (AvgIpc) is 2.43. The first-order valence-electron chi connectivity index (χ1n) is 7.53. The maximum Gasteiger partial charge on any atom is 0.137 e. The van der Waals surface area contributed by atoms with E-state index in [-0.39, 0.29) is 0 Å². The van der Waals surface area contributed by atoms with Crippen molar-refractivity contribution < 1.29 is 4.74 Å². The van der Waals surface area contributed by atoms with Crippen molar-refractivity contribution in [1.29, 1.82) is 0 Å². The van der Waals surface area contributed by atoms with E-state index >= 15 is 0 Å². The first-order valence-corrected chi connectivity index (χ1v) is 7.91. The molecule has 0 unspecified atom stereocenters. The molecule has 0 radical (unpaired) electrons. The number of ether oxygens (including phenoxy) is 1. The number of nitrogens with zero attached hydrogens (tertiary/aromatic N) is 2. The second-order valence-electron chi connectivity index (χ2n) is 4.90. The van der Waals surface area contributed by atoms with Gasteiger partial charge in [-0.2, -0.15) is 0 Å². The van der Waals surface area contributed by atoms with Crippen LogP contribution in [0.25, 0.3) is 0 Å². The van der Waals surface area contributed by atoms with Crippen LogP contribution in [-0.2, 0) is 11.2 Å². The van der Waals surface area contributed by atoms with Gasteiger partial charge in [-0.25, -0.2) is 9.97 Å². The molecule has 0 aromatic carbocycles. The Bertz CT molecular complexity index is 399. The molecule has 0 fully saturated rings. The van der Waals surface area contributed by atoms with Gasteiger partial charge in [0.25, 0.3) is 0 Å². The zero-order valence-corrected chi connectivity index (χ0v) is 13.6. The first-order chi connectivity index (χ1) is 9.69. The SMILES string of the molecule is CCCCOCCCNc1nc(CCC)nc(Cl)c1C. The van der Waals surface area contributed by atoms with Crippen molar-refractivity contribution in [3.8, 4) is 0 Å². The minimum absolute atomic E-state index is 0.546. The molecule has 0 spiro atoms. The lowest BCUT2D eigenvalue weighted by Crippen LogP contribution is -2.10. The topological polar surface area (TPSA) is 47.0 Å². The molecule has 1 aromatic heterocycles.